The molecule has 5 aliphatic carbocycles. The number of fused-ring (bicyclic) bond motifs is 3. The van der Waals surface area contributed by atoms with Crippen LogP contribution in [0.15, 0.2) is 36.4 Å². The van der Waals surface area contributed by atoms with Gasteiger partial charge in [-0.15, -0.1) is 0 Å². The summed E-state index contributed by atoms with van der Waals surface area (Å²) in [6.07, 6.45) is 12.5. The van der Waals surface area contributed by atoms with Crippen molar-refractivity contribution in [1.29, 1.82) is 0 Å². The van der Waals surface area contributed by atoms with Gasteiger partial charge in [-0.05, 0) is 99.4 Å². The molecule has 54 heavy (non-hydrogen) atoms. The van der Waals surface area contributed by atoms with Crippen LogP contribution in [0.3, 0.4) is 0 Å². The monoisotopic (exact) mass is 747 g/mol. The number of hydrogen-bond acceptors (Lipinski definition) is 8. The van der Waals surface area contributed by atoms with Crippen LogP contribution in [0.1, 0.15) is 113 Å². The summed E-state index contributed by atoms with van der Waals surface area (Å²) in [4.78, 5) is 21.1. The Morgan fingerprint density at radius 3 is 2.57 bits per heavy atom. The second-order valence-electron chi connectivity index (χ2n) is 20.0. The van der Waals surface area contributed by atoms with Crippen LogP contribution in [0.5, 0.6) is 0 Å². The van der Waals surface area contributed by atoms with Crippen molar-refractivity contribution in [3.8, 4) is 11.4 Å². The Hall–Kier alpha value is -2.89. The molecule has 1 saturated heterocycles. The highest BCUT2D eigenvalue weighted by molar-refractivity contribution is 5.57. The molecule has 4 saturated carbocycles. The van der Waals surface area contributed by atoms with E-state index in [1.807, 2.05) is 4.68 Å². The average molecular weight is 748 g/mol. The minimum absolute atomic E-state index is 0.200. The minimum Gasteiger partial charge on any atom is -0.450 e. The number of allylic oxidation sites excluding steroid dienone is 1. The Bertz CT molecular complexity index is 1810. The van der Waals surface area contributed by atoms with E-state index in [0.717, 1.165) is 44.9 Å². The molecule has 0 amide bonds. The molecule has 0 radical (unpaired) electrons. The lowest BCUT2D eigenvalue weighted by Gasteiger charge is -2.71. The lowest BCUT2D eigenvalue weighted by Crippen LogP contribution is -2.70. The summed E-state index contributed by atoms with van der Waals surface area (Å²) in [6.45, 7) is 19.8. The zero-order valence-corrected chi connectivity index (χ0v) is 33.6. The van der Waals surface area contributed by atoms with Gasteiger partial charge < -0.3 is 25.1 Å². The molecule has 2 bridgehead atoms. The molecular weight excluding hydrogens is 686 g/mol. The molecule has 11 heteroatoms. The first-order valence-electron chi connectivity index (χ1n) is 20.5. The first-order valence-corrected chi connectivity index (χ1v) is 20.5. The fourth-order valence-electron chi connectivity index (χ4n) is 13.2. The second kappa shape index (κ2) is 12.8. The number of carboxylic acid groups (broad SMARTS) is 1. The minimum atomic E-state index is -1.19. The lowest BCUT2D eigenvalue weighted by molar-refractivity contribution is -0.256. The van der Waals surface area contributed by atoms with Gasteiger partial charge in [-0.1, -0.05) is 60.1 Å². The van der Waals surface area contributed by atoms with Crippen LogP contribution in [0.25, 0.3) is 11.4 Å². The number of rotatable bonds is 9. The standard InChI is InChI=1S/C43H62FN5O5/c1-25(2)26(3)38(4)16-17-40(6)29-11-12-33-39(5)21-52-23-43(33,30(29)13-15-41(40,7)36(38)54-37(50)51)19-32(34(39)53-22-42(8,45)27-9-10-27)49-35(47-24-48-49)28-14-18-46-20-31(28)44/h13-14,18,20,24-27,29,32-34,36H,9-12,15-17,19,21-23,45H2,1-8H3,(H,50,51)/t26-,29+,32-,33+,34+,36-,38-,39-,40-,41-,42+,43+/m1/s1. The van der Waals surface area contributed by atoms with Crippen LogP contribution in [0.2, 0.25) is 0 Å². The molecule has 2 aromatic rings. The molecule has 8 rings (SSSR count). The second-order valence-corrected chi connectivity index (χ2v) is 20.0. The molecule has 0 spiro atoms. The smallest absolute Gasteiger partial charge is 0.450 e. The van der Waals surface area contributed by atoms with E-state index in [2.05, 4.69) is 71.4 Å². The molecule has 5 fully saturated rings. The third-order valence-electron chi connectivity index (χ3n) is 16.9. The highest BCUT2D eigenvalue weighted by Crippen LogP contribution is 2.74. The normalized spacial score (nSPS) is 41.8. The van der Waals surface area contributed by atoms with Crippen molar-refractivity contribution in [3.63, 3.8) is 0 Å². The summed E-state index contributed by atoms with van der Waals surface area (Å²) in [5.41, 5.74) is 6.67. The van der Waals surface area contributed by atoms with Gasteiger partial charge in [0.25, 0.3) is 0 Å². The quantitative estimate of drug-likeness (QED) is 0.191. The van der Waals surface area contributed by atoms with E-state index < -0.39 is 29.0 Å². The van der Waals surface area contributed by atoms with Gasteiger partial charge in [0.2, 0.25) is 0 Å². The molecule has 0 unspecified atom stereocenters. The molecule has 1 aliphatic heterocycles. The van der Waals surface area contributed by atoms with E-state index in [0.29, 0.717) is 49.5 Å². The molecule has 3 heterocycles. The topological polar surface area (TPSA) is 135 Å². The molecule has 0 aromatic carbocycles. The summed E-state index contributed by atoms with van der Waals surface area (Å²) < 4.78 is 37.3. The number of nitrogens with two attached hydrogens (primary N) is 1. The van der Waals surface area contributed by atoms with E-state index in [4.69, 9.17) is 25.0 Å². The van der Waals surface area contributed by atoms with Crippen LogP contribution >= 0.6 is 0 Å². The maximum absolute atomic E-state index is 15.4. The van der Waals surface area contributed by atoms with Gasteiger partial charge in [-0.2, -0.15) is 5.10 Å². The van der Waals surface area contributed by atoms with Crippen LogP contribution in [-0.2, 0) is 14.2 Å². The fraction of sp³-hybridized carbons (Fsp3) is 0.767. The highest BCUT2D eigenvalue weighted by atomic mass is 19.1. The van der Waals surface area contributed by atoms with Crippen molar-refractivity contribution >= 4 is 6.16 Å². The van der Waals surface area contributed by atoms with Crippen molar-refractivity contribution in [2.45, 2.75) is 131 Å². The zero-order valence-electron chi connectivity index (χ0n) is 33.6. The summed E-state index contributed by atoms with van der Waals surface area (Å²) in [5.74, 6) is 1.65. The SMILES string of the molecule is CC(C)[C@@H](C)[C@@]1(C)CC[C@]2(C)[C@H]3CC[C@@H]4[C@@]5(COC[C@@]4(C)[C@@H](OC[C@](C)(N)C4CC4)[C@H](n4ncnc4-c4ccncc4F)C5)C3=CC[C@]2(C)[C@@H]1OC(=O)O. The highest BCUT2D eigenvalue weighted by Gasteiger charge is 2.72. The Balaban J connectivity index is 1.24. The van der Waals surface area contributed by atoms with Crippen molar-refractivity contribution in [2.75, 3.05) is 19.8 Å². The zero-order chi connectivity index (χ0) is 38.6. The Morgan fingerprint density at radius 2 is 1.89 bits per heavy atom. The number of halogens is 1. The average Bonchev–Trinajstić information content (AvgIpc) is 3.88. The summed E-state index contributed by atoms with van der Waals surface area (Å²) in [6, 6.07) is 1.40. The molecule has 2 aromatic heterocycles. The number of carbonyl (C=O) groups is 1. The van der Waals surface area contributed by atoms with Gasteiger partial charge in [0.15, 0.2) is 11.6 Å². The maximum atomic E-state index is 15.4. The molecular formula is C43H62FN5O5. The van der Waals surface area contributed by atoms with Gasteiger partial charge in [0.05, 0.1) is 43.7 Å². The Kier molecular flexibility index (Phi) is 9.02. The van der Waals surface area contributed by atoms with Crippen molar-refractivity contribution in [3.05, 3.63) is 42.3 Å². The van der Waals surface area contributed by atoms with Crippen LogP contribution < -0.4 is 5.73 Å². The van der Waals surface area contributed by atoms with Crippen molar-refractivity contribution in [2.24, 2.45) is 62.4 Å². The number of hydrogen-bond donors (Lipinski definition) is 2. The maximum Gasteiger partial charge on any atom is 0.506 e. The first kappa shape index (κ1) is 38.0. The molecule has 6 aliphatic rings. The van der Waals surface area contributed by atoms with Crippen molar-refractivity contribution < 1.29 is 28.5 Å². The Labute approximate surface area is 320 Å². The van der Waals surface area contributed by atoms with E-state index >= 15 is 4.39 Å². The third-order valence-corrected chi connectivity index (χ3v) is 16.9. The number of aromatic nitrogens is 4. The predicted molar refractivity (Wildman–Crippen MR) is 203 cm³/mol. The third kappa shape index (κ3) is 5.40. The Morgan fingerprint density at radius 1 is 1.13 bits per heavy atom. The van der Waals surface area contributed by atoms with Crippen molar-refractivity contribution in [1.82, 2.24) is 19.7 Å². The molecule has 3 N–H and O–H groups in total. The van der Waals surface area contributed by atoms with Gasteiger partial charge in [0, 0.05) is 33.4 Å². The largest absolute Gasteiger partial charge is 0.506 e. The van der Waals surface area contributed by atoms with Gasteiger partial charge in [-0.3, -0.25) is 4.98 Å². The van der Waals surface area contributed by atoms with Gasteiger partial charge >= 0.3 is 6.16 Å². The molecule has 296 valence electrons. The van der Waals surface area contributed by atoms with E-state index in [-0.39, 0.29) is 51.6 Å². The van der Waals surface area contributed by atoms with E-state index in [1.54, 1.807) is 12.3 Å². The number of ether oxygens (including phenoxy) is 3. The number of pyridine rings is 1. The predicted octanol–water partition coefficient (Wildman–Crippen LogP) is 8.48. The van der Waals surface area contributed by atoms with E-state index in [1.165, 1.54) is 18.1 Å². The summed E-state index contributed by atoms with van der Waals surface area (Å²) in [5, 5.41) is 15.1. The summed E-state index contributed by atoms with van der Waals surface area (Å²) in [7, 11) is 0. The van der Waals surface area contributed by atoms with Gasteiger partial charge in [-0.25, -0.2) is 18.9 Å². The van der Waals surface area contributed by atoms with E-state index in [9.17, 15) is 9.90 Å². The summed E-state index contributed by atoms with van der Waals surface area (Å²) >= 11 is 0. The number of nitrogens with zero attached hydrogens (tertiary/aromatic N) is 4. The molecule has 12 atom stereocenters. The van der Waals surface area contributed by atoms with Gasteiger partial charge in [0.1, 0.15) is 12.4 Å². The van der Waals surface area contributed by atoms with Crippen LogP contribution in [-0.4, -0.2) is 68.6 Å². The first-order chi connectivity index (χ1) is 25.4. The van der Waals surface area contributed by atoms with Crippen LogP contribution in [0, 0.1) is 62.5 Å². The fourth-order valence-corrected chi connectivity index (χ4v) is 13.2. The van der Waals surface area contributed by atoms with Crippen LogP contribution in [0.4, 0.5) is 9.18 Å². The lowest BCUT2D eigenvalue weighted by atomic mass is 9.35. The molecule has 10 nitrogen and oxygen atoms in total.